The third-order valence-corrected chi connectivity index (χ3v) is 6.34. The van der Waals surface area contributed by atoms with Gasteiger partial charge in [0.1, 0.15) is 6.61 Å². The summed E-state index contributed by atoms with van der Waals surface area (Å²) in [5.41, 5.74) is 3.22. The summed E-state index contributed by atoms with van der Waals surface area (Å²) in [5.74, 6) is 1.78. The number of aliphatic hydroxyl groups is 1. The lowest BCUT2D eigenvalue weighted by atomic mass is 10.2. The zero-order valence-electron chi connectivity index (χ0n) is 18.3. The second-order valence-electron chi connectivity index (χ2n) is 7.50. The number of hydrogen-bond acceptors (Lipinski definition) is 6. The Morgan fingerprint density at radius 2 is 2.20 bits per heavy atom. The average Bonchev–Trinajstić information content (AvgIpc) is 3.35. The van der Waals surface area contributed by atoms with E-state index in [9.17, 15) is 5.11 Å². The number of allylic oxidation sites excluding steroid dienone is 1. The van der Waals surface area contributed by atoms with Gasteiger partial charge < -0.3 is 23.9 Å². The molecule has 7 heteroatoms. The van der Waals surface area contributed by atoms with Gasteiger partial charge in [-0.2, -0.15) is 0 Å². The van der Waals surface area contributed by atoms with Crippen molar-refractivity contribution in [3.8, 4) is 11.5 Å². The van der Waals surface area contributed by atoms with Crippen LogP contribution in [0.5, 0.6) is 11.5 Å². The molecule has 1 aliphatic heterocycles. The van der Waals surface area contributed by atoms with Gasteiger partial charge in [-0.3, -0.25) is 0 Å². The number of imidazole rings is 1. The lowest BCUT2D eigenvalue weighted by molar-refractivity contribution is 0.0944. The van der Waals surface area contributed by atoms with E-state index in [1.807, 2.05) is 44.2 Å². The van der Waals surface area contributed by atoms with Crippen molar-refractivity contribution in [1.29, 1.82) is 0 Å². The molecule has 6 nitrogen and oxygen atoms in total. The third-order valence-electron chi connectivity index (χ3n) is 5.22. The van der Waals surface area contributed by atoms with Crippen LogP contribution < -0.4 is 9.47 Å². The fourth-order valence-corrected chi connectivity index (χ4v) is 4.45. The van der Waals surface area contributed by atoms with Gasteiger partial charge in [0.05, 0.1) is 31.6 Å². The molecule has 2 atom stereocenters. The van der Waals surface area contributed by atoms with Crippen molar-refractivity contribution in [2.24, 2.45) is 0 Å². The Morgan fingerprint density at radius 3 is 2.90 bits per heavy atom. The minimum Gasteiger partial charge on any atom is -0.493 e. The predicted octanol–water partition coefficient (Wildman–Crippen LogP) is 4.25. The topological polar surface area (TPSA) is 65.7 Å². The molecule has 1 aliphatic rings. The molecule has 1 N–H and O–H groups in total. The molecule has 0 saturated carbocycles. The Morgan fingerprint density at radius 1 is 1.37 bits per heavy atom. The normalized spacial score (nSPS) is 17.6. The van der Waals surface area contributed by atoms with Crippen LogP contribution in [-0.2, 0) is 11.3 Å². The van der Waals surface area contributed by atoms with Gasteiger partial charge in [-0.1, -0.05) is 30.0 Å². The van der Waals surface area contributed by atoms with Crippen molar-refractivity contribution in [3.05, 3.63) is 41.2 Å². The van der Waals surface area contributed by atoms with Crippen LogP contribution in [0.2, 0.25) is 0 Å². The van der Waals surface area contributed by atoms with Gasteiger partial charge in [-0.05, 0) is 51.3 Å². The summed E-state index contributed by atoms with van der Waals surface area (Å²) in [6, 6.07) is 5.76. The molecule has 2 aromatic rings. The first-order valence-corrected chi connectivity index (χ1v) is 11.4. The lowest BCUT2D eigenvalue weighted by Gasteiger charge is -2.16. The summed E-state index contributed by atoms with van der Waals surface area (Å²) in [6.07, 6.45) is 5.82. The molecule has 0 radical (unpaired) electrons. The van der Waals surface area contributed by atoms with Crippen molar-refractivity contribution in [3.63, 3.8) is 0 Å². The van der Waals surface area contributed by atoms with E-state index in [2.05, 4.69) is 16.5 Å². The van der Waals surface area contributed by atoms with E-state index < -0.39 is 6.10 Å². The lowest BCUT2D eigenvalue weighted by Crippen LogP contribution is -2.21. The van der Waals surface area contributed by atoms with Gasteiger partial charge >= 0.3 is 0 Å². The predicted molar refractivity (Wildman–Crippen MR) is 121 cm³/mol. The van der Waals surface area contributed by atoms with Gasteiger partial charge in [0, 0.05) is 18.1 Å². The third kappa shape index (κ3) is 5.80. The van der Waals surface area contributed by atoms with E-state index in [-0.39, 0.29) is 12.7 Å². The zero-order chi connectivity index (χ0) is 21.5. The van der Waals surface area contributed by atoms with E-state index in [0.717, 1.165) is 48.1 Å². The highest BCUT2D eigenvalue weighted by Gasteiger charge is 2.21. The maximum absolute atomic E-state index is 10.5. The minimum atomic E-state index is -0.622. The van der Waals surface area contributed by atoms with Crippen LogP contribution in [0.4, 0.5) is 0 Å². The number of nitrogens with zero attached hydrogens (tertiary/aromatic N) is 2. The molecule has 0 spiro atoms. The SMILES string of the molecule is C/C=C/c1ccc(OCC(O)CSc2nc(C)c(C)n2CC2CCCO2)c(OC)c1. The Hall–Kier alpha value is -1.96. The number of aryl methyl sites for hydroxylation is 1. The first kappa shape index (κ1) is 22.7. The van der Waals surface area contributed by atoms with Gasteiger partial charge in [0.25, 0.3) is 0 Å². The molecule has 0 amide bonds. The van der Waals surface area contributed by atoms with Crippen molar-refractivity contribution in [2.45, 2.75) is 57.5 Å². The Kier molecular flexibility index (Phi) is 8.24. The zero-order valence-corrected chi connectivity index (χ0v) is 19.1. The number of aliphatic hydroxyl groups excluding tert-OH is 1. The van der Waals surface area contributed by atoms with E-state index >= 15 is 0 Å². The number of methoxy groups -OCH3 is 1. The van der Waals surface area contributed by atoms with Gasteiger partial charge in [-0.25, -0.2) is 4.98 Å². The minimum absolute atomic E-state index is 0.191. The number of ether oxygens (including phenoxy) is 3. The largest absolute Gasteiger partial charge is 0.493 e. The second-order valence-corrected chi connectivity index (χ2v) is 8.48. The molecule has 164 valence electrons. The monoisotopic (exact) mass is 432 g/mol. The molecule has 1 fully saturated rings. The van der Waals surface area contributed by atoms with Crippen LogP contribution in [0, 0.1) is 13.8 Å². The highest BCUT2D eigenvalue weighted by atomic mass is 32.2. The van der Waals surface area contributed by atoms with Crippen LogP contribution in [0.25, 0.3) is 6.08 Å². The molecular weight excluding hydrogens is 400 g/mol. The van der Waals surface area contributed by atoms with Crippen LogP contribution in [0.1, 0.15) is 36.7 Å². The van der Waals surface area contributed by atoms with Crippen LogP contribution >= 0.6 is 11.8 Å². The summed E-state index contributed by atoms with van der Waals surface area (Å²) < 4.78 is 19.2. The first-order chi connectivity index (χ1) is 14.5. The Labute approximate surface area is 183 Å². The Bertz CT molecular complexity index is 859. The number of aromatic nitrogens is 2. The van der Waals surface area contributed by atoms with E-state index in [1.54, 1.807) is 18.9 Å². The van der Waals surface area contributed by atoms with E-state index in [1.165, 1.54) is 0 Å². The molecule has 0 aliphatic carbocycles. The molecule has 30 heavy (non-hydrogen) atoms. The summed E-state index contributed by atoms with van der Waals surface area (Å²) in [6.45, 7) is 7.93. The van der Waals surface area contributed by atoms with Gasteiger partial charge in [-0.15, -0.1) is 0 Å². The molecule has 1 aromatic heterocycles. The van der Waals surface area contributed by atoms with Crippen LogP contribution in [0.3, 0.4) is 0 Å². The van der Waals surface area contributed by atoms with Crippen LogP contribution in [0.15, 0.2) is 29.4 Å². The molecule has 0 bridgehead atoms. The van der Waals surface area contributed by atoms with E-state index in [0.29, 0.717) is 17.3 Å². The fraction of sp³-hybridized carbons (Fsp3) is 0.522. The molecule has 2 heterocycles. The van der Waals surface area contributed by atoms with Crippen molar-refractivity contribution >= 4 is 17.8 Å². The highest BCUT2D eigenvalue weighted by molar-refractivity contribution is 7.99. The number of benzene rings is 1. The quantitative estimate of drug-likeness (QED) is 0.566. The Balaban J connectivity index is 1.56. The molecular formula is C23H32N2O4S. The summed E-state index contributed by atoms with van der Waals surface area (Å²) in [5, 5.41) is 11.4. The average molecular weight is 433 g/mol. The molecule has 2 unspecified atom stereocenters. The standard InChI is InChI=1S/C23H32N2O4S/c1-5-7-18-9-10-21(22(12-18)27-4)29-14-19(26)15-30-23-24-16(2)17(3)25(23)13-20-8-6-11-28-20/h5,7,9-10,12,19-20,26H,6,8,11,13-15H2,1-4H3/b7-5+. The second kappa shape index (κ2) is 10.9. The summed E-state index contributed by atoms with van der Waals surface area (Å²) in [4.78, 5) is 4.69. The number of hydrogen-bond donors (Lipinski definition) is 1. The van der Waals surface area contributed by atoms with Crippen molar-refractivity contribution < 1.29 is 19.3 Å². The maximum atomic E-state index is 10.5. The van der Waals surface area contributed by atoms with Gasteiger partial charge in [0.15, 0.2) is 16.7 Å². The highest BCUT2D eigenvalue weighted by Crippen LogP contribution is 2.29. The smallest absolute Gasteiger partial charge is 0.168 e. The van der Waals surface area contributed by atoms with Crippen molar-refractivity contribution in [1.82, 2.24) is 9.55 Å². The molecule has 1 saturated heterocycles. The van der Waals surface area contributed by atoms with Gasteiger partial charge in [0.2, 0.25) is 0 Å². The molecule has 1 aromatic carbocycles. The molecule has 3 rings (SSSR count). The van der Waals surface area contributed by atoms with Crippen LogP contribution in [-0.4, -0.2) is 52.9 Å². The maximum Gasteiger partial charge on any atom is 0.168 e. The summed E-state index contributed by atoms with van der Waals surface area (Å²) in [7, 11) is 1.62. The first-order valence-electron chi connectivity index (χ1n) is 10.4. The number of rotatable bonds is 10. The van der Waals surface area contributed by atoms with E-state index in [4.69, 9.17) is 14.2 Å². The number of thioether (sulfide) groups is 1. The summed E-state index contributed by atoms with van der Waals surface area (Å²) >= 11 is 1.55. The fourth-order valence-electron chi connectivity index (χ4n) is 3.45. The van der Waals surface area contributed by atoms with Crippen molar-refractivity contribution in [2.75, 3.05) is 26.1 Å².